The molecule has 1 aromatic rings. The van der Waals surface area contributed by atoms with Gasteiger partial charge in [-0.05, 0) is 41.4 Å². The van der Waals surface area contributed by atoms with Gasteiger partial charge in [0.1, 0.15) is 17.2 Å². The third kappa shape index (κ3) is 4.69. The second-order valence-electron chi connectivity index (χ2n) is 8.56. The molecule has 0 saturated heterocycles. The number of benzene rings is 1. The molecule has 2 aliphatic rings. The summed E-state index contributed by atoms with van der Waals surface area (Å²) >= 11 is 0. The van der Waals surface area contributed by atoms with E-state index >= 15 is 0 Å². The predicted octanol–water partition coefficient (Wildman–Crippen LogP) is 4.56. The van der Waals surface area contributed by atoms with Crippen molar-refractivity contribution in [3.8, 4) is 17.2 Å². The molecule has 27 heavy (non-hydrogen) atoms. The van der Waals surface area contributed by atoms with E-state index in [1.54, 1.807) is 0 Å². The molecule has 6 nitrogen and oxygen atoms in total. The largest absolute Gasteiger partial charge is 0.508 e. The summed E-state index contributed by atoms with van der Waals surface area (Å²) in [6.07, 6.45) is 3.11. The molecule has 2 bridgehead atoms. The molecule has 2 aliphatic carbocycles. The quantitative estimate of drug-likeness (QED) is 0.539. The third-order valence-corrected chi connectivity index (χ3v) is 7.40. The van der Waals surface area contributed by atoms with Crippen molar-refractivity contribution in [2.45, 2.75) is 60.8 Å². The first-order chi connectivity index (χ1) is 12.2. The van der Waals surface area contributed by atoms with Crippen LogP contribution >= 0.6 is 0 Å². The molecule has 0 amide bonds. The van der Waals surface area contributed by atoms with E-state index in [9.17, 15) is 13.0 Å². The molecule has 1 aromatic carbocycles. The first-order valence-electron chi connectivity index (χ1n) is 9.37. The zero-order valence-corrected chi connectivity index (χ0v) is 18.0. The Balaban J connectivity index is 0.000000282. The Hall–Kier alpha value is -1.47. The van der Waals surface area contributed by atoms with Crippen LogP contribution in [0.15, 0.2) is 18.2 Å². The van der Waals surface area contributed by atoms with Crippen LogP contribution in [0.4, 0.5) is 0 Å². The Morgan fingerprint density at radius 1 is 0.963 bits per heavy atom. The molecular weight excluding hydrogens is 368 g/mol. The van der Waals surface area contributed by atoms with Gasteiger partial charge in [-0.3, -0.25) is 4.55 Å². The maximum absolute atomic E-state index is 11.3. The Morgan fingerprint density at radius 3 is 1.63 bits per heavy atom. The summed E-state index contributed by atoms with van der Waals surface area (Å²) in [5, 5.41) is 26.0. The van der Waals surface area contributed by atoms with Crippen LogP contribution in [0.3, 0.4) is 0 Å². The maximum Gasteiger partial charge on any atom is 0.265 e. The van der Waals surface area contributed by atoms with Crippen molar-refractivity contribution in [3.05, 3.63) is 18.2 Å². The zero-order chi connectivity index (χ0) is 21.3. The van der Waals surface area contributed by atoms with Crippen molar-refractivity contribution in [3.63, 3.8) is 0 Å². The number of phenols is 3. The van der Waals surface area contributed by atoms with E-state index < -0.39 is 10.1 Å². The van der Waals surface area contributed by atoms with Crippen LogP contribution in [0, 0.1) is 22.2 Å². The van der Waals surface area contributed by atoms with Gasteiger partial charge in [0.2, 0.25) is 0 Å². The minimum absolute atomic E-state index is 0.00914. The summed E-state index contributed by atoms with van der Waals surface area (Å²) in [5.74, 6) is 0.0907. The van der Waals surface area contributed by atoms with Gasteiger partial charge in [0.05, 0.1) is 5.75 Å². The molecule has 4 N–H and O–H groups in total. The molecular formula is C20H34O6S. The van der Waals surface area contributed by atoms with Crippen LogP contribution in [0.25, 0.3) is 0 Å². The fourth-order valence-corrected chi connectivity index (χ4v) is 6.75. The van der Waals surface area contributed by atoms with Crippen LogP contribution in [-0.4, -0.2) is 34.0 Å². The highest BCUT2D eigenvalue weighted by Crippen LogP contribution is 2.73. The number of rotatable bonds is 2. The predicted molar refractivity (Wildman–Crippen MR) is 107 cm³/mol. The summed E-state index contributed by atoms with van der Waals surface area (Å²) in [6.45, 7) is 12.6. The van der Waals surface area contributed by atoms with E-state index in [2.05, 4.69) is 27.7 Å². The van der Waals surface area contributed by atoms with Gasteiger partial charge in [-0.2, -0.15) is 8.42 Å². The summed E-state index contributed by atoms with van der Waals surface area (Å²) in [7, 11) is -3.89. The normalized spacial score (nSPS) is 27.1. The van der Waals surface area contributed by atoms with E-state index in [1.807, 2.05) is 13.8 Å². The topological polar surface area (TPSA) is 115 Å². The Morgan fingerprint density at radius 2 is 1.37 bits per heavy atom. The van der Waals surface area contributed by atoms with Gasteiger partial charge < -0.3 is 15.3 Å². The van der Waals surface area contributed by atoms with E-state index in [0.29, 0.717) is 5.92 Å². The van der Waals surface area contributed by atoms with Crippen LogP contribution in [0.2, 0.25) is 0 Å². The standard InChI is InChI=1S/C12H22O3S.C6H6O3.C2H6/c1-10(2)7-9-5-6-12(10,11(9,3)4)8-16(13,14)15;7-4-1-5(8)3-6(9)2-4;1-2/h9H,5-8H2,1-4H3,(H,13,14,15);1-3,7-9H;1-2H3. The molecule has 0 spiro atoms. The van der Waals surface area contributed by atoms with Gasteiger partial charge in [-0.25, -0.2) is 0 Å². The van der Waals surface area contributed by atoms with Gasteiger partial charge in [0, 0.05) is 18.2 Å². The second kappa shape index (κ2) is 7.87. The summed E-state index contributed by atoms with van der Waals surface area (Å²) in [4.78, 5) is 0. The molecule has 0 heterocycles. The van der Waals surface area contributed by atoms with Crippen LogP contribution in [0.1, 0.15) is 60.8 Å². The van der Waals surface area contributed by atoms with Gasteiger partial charge in [-0.1, -0.05) is 41.5 Å². The monoisotopic (exact) mass is 402 g/mol. The molecule has 2 unspecified atom stereocenters. The summed E-state index contributed by atoms with van der Waals surface area (Å²) in [5.41, 5.74) is -0.222. The molecule has 156 valence electrons. The first kappa shape index (κ1) is 23.6. The van der Waals surface area contributed by atoms with E-state index in [-0.39, 0.29) is 39.2 Å². The van der Waals surface area contributed by atoms with E-state index in [1.165, 1.54) is 0 Å². The highest BCUT2D eigenvalue weighted by Gasteiger charge is 2.68. The summed E-state index contributed by atoms with van der Waals surface area (Å²) in [6, 6.07) is 3.42. The Bertz CT molecular complexity index is 703. The lowest BCUT2D eigenvalue weighted by atomic mass is 9.60. The molecule has 2 saturated carbocycles. The zero-order valence-electron chi connectivity index (χ0n) is 17.2. The van der Waals surface area contributed by atoms with Crippen molar-refractivity contribution in [2.24, 2.45) is 22.2 Å². The molecule has 7 heteroatoms. The van der Waals surface area contributed by atoms with Crippen molar-refractivity contribution < 1.29 is 28.3 Å². The average Bonchev–Trinajstić information content (AvgIpc) is 2.78. The minimum atomic E-state index is -3.89. The number of fused-ring (bicyclic) bond motifs is 2. The molecule has 2 atom stereocenters. The van der Waals surface area contributed by atoms with E-state index in [4.69, 9.17) is 15.3 Å². The fraction of sp³-hybridized carbons (Fsp3) is 0.700. The SMILES string of the molecule is CC.CC1(C)CC2CCC1(CS(=O)(=O)O)C2(C)C.Oc1cc(O)cc(O)c1. The maximum atomic E-state index is 11.3. The van der Waals surface area contributed by atoms with Crippen LogP contribution in [-0.2, 0) is 10.1 Å². The molecule has 0 aromatic heterocycles. The minimum Gasteiger partial charge on any atom is -0.508 e. The van der Waals surface area contributed by atoms with Gasteiger partial charge >= 0.3 is 0 Å². The van der Waals surface area contributed by atoms with Gasteiger partial charge in [-0.15, -0.1) is 0 Å². The number of aromatic hydroxyl groups is 3. The van der Waals surface area contributed by atoms with E-state index in [0.717, 1.165) is 37.5 Å². The van der Waals surface area contributed by atoms with Crippen LogP contribution in [0.5, 0.6) is 17.2 Å². The molecule has 0 radical (unpaired) electrons. The molecule has 2 fully saturated rings. The highest BCUT2D eigenvalue weighted by atomic mass is 32.2. The first-order valence-corrected chi connectivity index (χ1v) is 11.0. The lowest BCUT2D eigenvalue weighted by Crippen LogP contribution is -2.45. The highest BCUT2D eigenvalue weighted by molar-refractivity contribution is 7.85. The van der Waals surface area contributed by atoms with Gasteiger partial charge in [0.15, 0.2) is 0 Å². The second-order valence-corrected chi connectivity index (χ2v) is 10.0. The smallest absolute Gasteiger partial charge is 0.265 e. The fourth-order valence-electron chi connectivity index (χ4n) is 5.22. The number of phenolic OH excluding ortho intramolecular Hbond substituents is 3. The van der Waals surface area contributed by atoms with Crippen molar-refractivity contribution in [1.29, 1.82) is 0 Å². The van der Waals surface area contributed by atoms with Crippen molar-refractivity contribution in [1.82, 2.24) is 0 Å². The van der Waals surface area contributed by atoms with Gasteiger partial charge in [0.25, 0.3) is 10.1 Å². The Labute approximate surface area is 163 Å². The van der Waals surface area contributed by atoms with Crippen molar-refractivity contribution in [2.75, 3.05) is 5.75 Å². The number of hydrogen-bond donors (Lipinski definition) is 4. The lowest BCUT2D eigenvalue weighted by molar-refractivity contribution is 0.0454. The average molecular weight is 403 g/mol. The van der Waals surface area contributed by atoms with Crippen LogP contribution < -0.4 is 0 Å². The van der Waals surface area contributed by atoms with Crippen molar-refractivity contribution >= 4 is 10.1 Å². The third-order valence-electron chi connectivity index (χ3n) is 6.54. The lowest BCUT2D eigenvalue weighted by Gasteiger charge is -2.46. The molecule has 3 rings (SSSR count). The molecule has 0 aliphatic heterocycles. The summed E-state index contributed by atoms with van der Waals surface area (Å²) < 4.78 is 31.8. The Kier molecular flexibility index (Phi) is 6.87. The number of hydrogen-bond acceptors (Lipinski definition) is 5.